The van der Waals surface area contributed by atoms with Crippen molar-refractivity contribution in [1.29, 1.82) is 0 Å². The third kappa shape index (κ3) is 4.04. The van der Waals surface area contributed by atoms with Gasteiger partial charge in [-0.1, -0.05) is 23.2 Å². The zero-order valence-corrected chi connectivity index (χ0v) is 15.6. The minimum absolute atomic E-state index is 0.102. The minimum Gasteiger partial charge on any atom is -0.224 e. The Hall–Kier alpha value is -2.24. The first-order valence-corrected chi connectivity index (χ1v) is 9.63. The molecule has 2 aromatic heterocycles. The van der Waals surface area contributed by atoms with Gasteiger partial charge < -0.3 is 0 Å². The maximum Gasteiger partial charge on any atom is 0.453 e. The van der Waals surface area contributed by atoms with Gasteiger partial charge in [0.15, 0.2) is 15.7 Å². The molecule has 0 aliphatic rings. The minimum atomic E-state index is -4.82. The largest absolute Gasteiger partial charge is 0.453 e. The van der Waals surface area contributed by atoms with Gasteiger partial charge in [0.05, 0.1) is 22.4 Å². The molecule has 142 valence electrons. The highest BCUT2D eigenvalue weighted by molar-refractivity contribution is 7.90. The molecular formula is C14H8Cl2F3N5O2S. The summed E-state index contributed by atoms with van der Waals surface area (Å²) in [6, 6.07) is 4.11. The molecule has 0 aliphatic carbocycles. The molecule has 0 amide bonds. The molecule has 0 atom stereocenters. The maximum atomic E-state index is 13.1. The van der Waals surface area contributed by atoms with E-state index in [0.717, 1.165) is 23.3 Å². The van der Waals surface area contributed by atoms with Crippen LogP contribution in [0.4, 0.5) is 13.2 Å². The summed E-state index contributed by atoms with van der Waals surface area (Å²) in [7, 11) is -3.57. The number of nitrogens with zero attached hydrogens (tertiary/aromatic N) is 5. The van der Waals surface area contributed by atoms with Crippen LogP contribution in [-0.2, 0) is 16.0 Å². The summed E-state index contributed by atoms with van der Waals surface area (Å²) < 4.78 is 62.9. The summed E-state index contributed by atoms with van der Waals surface area (Å²) in [4.78, 5) is 10.9. The van der Waals surface area contributed by atoms with Crippen LogP contribution in [-0.4, -0.2) is 39.4 Å². The first kappa shape index (κ1) is 19.5. The van der Waals surface area contributed by atoms with Crippen LogP contribution < -0.4 is 0 Å². The number of alkyl halides is 3. The number of halogens is 5. The predicted octanol–water partition coefficient (Wildman–Crippen LogP) is 3.45. The summed E-state index contributed by atoms with van der Waals surface area (Å²) in [5.41, 5.74) is 0.184. The Kier molecular flexibility index (Phi) is 4.87. The zero-order valence-electron chi connectivity index (χ0n) is 13.2. The van der Waals surface area contributed by atoms with Gasteiger partial charge in [0.1, 0.15) is 4.90 Å². The van der Waals surface area contributed by atoms with Crippen LogP contribution in [0.5, 0.6) is 0 Å². The molecule has 0 fully saturated rings. The molecule has 0 unspecified atom stereocenters. The van der Waals surface area contributed by atoms with Gasteiger partial charge in [-0.15, -0.1) is 5.10 Å². The number of hydrogen-bond donors (Lipinski definition) is 0. The monoisotopic (exact) mass is 437 g/mol. The molecule has 0 saturated carbocycles. The molecule has 27 heavy (non-hydrogen) atoms. The fourth-order valence-electron chi connectivity index (χ4n) is 2.00. The highest BCUT2D eigenvalue weighted by Gasteiger charge is 2.38. The van der Waals surface area contributed by atoms with Crippen LogP contribution in [0.2, 0.25) is 10.0 Å². The van der Waals surface area contributed by atoms with E-state index in [1.165, 1.54) is 18.2 Å². The van der Waals surface area contributed by atoms with E-state index >= 15 is 0 Å². The van der Waals surface area contributed by atoms with E-state index in [9.17, 15) is 21.6 Å². The molecule has 1 aromatic carbocycles. The van der Waals surface area contributed by atoms with Crippen LogP contribution in [0.1, 0.15) is 5.82 Å². The van der Waals surface area contributed by atoms with Crippen LogP contribution in [0.15, 0.2) is 35.5 Å². The number of benzene rings is 1. The SMILES string of the molecule is CS(=O)(=O)c1cnc(-n2nc(C(F)(F)F)nc2-c2ccc(Cl)c(Cl)c2)nc1. The number of rotatable bonds is 3. The van der Waals surface area contributed by atoms with Gasteiger partial charge in [-0.05, 0) is 18.2 Å². The molecule has 0 saturated heterocycles. The van der Waals surface area contributed by atoms with Gasteiger partial charge in [-0.3, -0.25) is 0 Å². The average Bonchev–Trinajstić information content (AvgIpc) is 3.02. The molecule has 0 radical (unpaired) electrons. The average molecular weight is 438 g/mol. The molecule has 3 rings (SSSR count). The summed E-state index contributed by atoms with van der Waals surface area (Å²) in [5, 5.41) is 3.71. The maximum absolute atomic E-state index is 13.1. The summed E-state index contributed by atoms with van der Waals surface area (Å²) >= 11 is 11.7. The number of sulfone groups is 1. The van der Waals surface area contributed by atoms with Crippen molar-refractivity contribution < 1.29 is 21.6 Å². The van der Waals surface area contributed by atoms with Crippen molar-refractivity contribution in [2.45, 2.75) is 11.1 Å². The number of aromatic nitrogens is 5. The lowest BCUT2D eigenvalue weighted by Gasteiger charge is -2.06. The van der Waals surface area contributed by atoms with Crippen LogP contribution in [0, 0.1) is 0 Å². The third-order valence-electron chi connectivity index (χ3n) is 3.27. The Morgan fingerprint density at radius 1 is 1.07 bits per heavy atom. The second-order valence-electron chi connectivity index (χ2n) is 5.29. The normalized spacial score (nSPS) is 12.4. The van der Waals surface area contributed by atoms with Crippen molar-refractivity contribution in [1.82, 2.24) is 24.7 Å². The van der Waals surface area contributed by atoms with Crippen molar-refractivity contribution in [3.05, 3.63) is 46.5 Å². The molecule has 0 N–H and O–H groups in total. The summed E-state index contributed by atoms with van der Waals surface area (Å²) in [6.45, 7) is 0. The lowest BCUT2D eigenvalue weighted by Crippen LogP contribution is -2.10. The Morgan fingerprint density at radius 2 is 1.70 bits per heavy atom. The summed E-state index contributed by atoms with van der Waals surface area (Å²) in [5.74, 6) is -1.96. The first-order valence-electron chi connectivity index (χ1n) is 6.99. The Balaban J connectivity index is 2.19. The van der Waals surface area contributed by atoms with Gasteiger partial charge in [0.2, 0.25) is 0 Å². The summed E-state index contributed by atoms with van der Waals surface area (Å²) in [6.07, 6.45) is -1.94. The zero-order chi connectivity index (χ0) is 20.0. The topological polar surface area (TPSA) is 90.6 Å². The lowest BCUT2D eigenvalue weighted by molar-refractivity contribution is -0.144. The van der Waals surface area contributed by atoms with E-state index in [4.69, 9.17) is 23.2 Å². The highest BCUT2D eigenvalue weighted by Crippen LogP contribution is 2.32. The fraction of sp³-hybridized carbons (Fsp3) is 0.143. The fourth-order valence-corrected chi connectivity index (χ4v) is 2.79. The second kappa shape index (κ2) is 6.73. The molecule has 3 aromatic rings. The molecule has 0 aliphatic heterocycles. The van der Waals surface area contributed by atoms with Crippen LogP contribution in [0.25, 0.3) is 17.3 Å². The van der Waals surface area contributed by atoms with E-state index in [2.05, 4.69) is 20.1 Å². The number of hydrogen-bond acceptors (Lipinski definition) is 6. The van der Waals surface area contributed by atoms with Gasteiger partial charge in [0.25, 0.3) is 11.8 Å². The standard InChI is InChI=1S/C14H8Cl2F3N5O2S/c1-27(25,26)8-5-20-13(21-6-8)24-11(22-12(23-24)14(17,18)19)7-2-3-9(15)10(16)4-7/h2-6H,1H3. The molecule has 13 heteroatoms. The van der Waals surface area contributed by atoms with E-state index < -0.39 is 21.8 Å². The van der Waals surface area contributed by atoms with Gasteiger partial charge in [-0.25, -0.2) is 23.4 Å². The van der Waals surface area contributed by atoms with E-state index in [1.54, 1.807) is 0 Å². The van der Waals surface area contributed by atoms with Crippen molar-refractivity contribution in [3.8, 4) is 17.3 Å². The van der Waals surface area contributed by atoms with Gasteiger partial charge >= 0.3 is 6.18 Å². The van der Waals surface area contributed by atoms with Crippen LogP contribution in [0.3, 0.4) is 0 Å². The van der Waals surface area contributed by atoms with Crippen molar-refractivity contribution in [2.24, 2.45) is 0 Å². The van der Waals surface area contributed by atoms with E-state index in [1.807, 2.05) is 0 Å². The molecule has 2 heterocycles. The Labute approximate surface area is 160 Å². The van der Waals surface area contributed by atoms with E-state index in [0.29, 0.717) is 0 Å². The molecule has 0 spiro atoms. The van der Waals surface area contributed by atoms with Gasteiger partial charge in [0, 0.05) is 11.8 Å². The highest BCUT2D eigenvalue weighted by atomic mass is 35.5. The quantitative estimate of drug-likeness (QED) is 0.622. The van der Waals surface area contributed by atoms with Crippen molar-refractivity contribution in [2.75, 3.05) is 6.26 Å². The predicted molar refractivity (Wildman–Crippen MR) is 90.5 cm³/mol. The molecular weight excluding hydrogens is 430 g/mol. The smallest absolute Gasteiger partial charge is 0.224 e. The van der Waals surface area contributed by atoms with Crippen molar-refractivity contribution in [3.63, 3.8) is 0 Å². The van der Waals surface area contributed by atoms with Gasteiger partial charge in [-0.2, -0.15) is 17.9 Å². The Bertz CT molecular complexity index is 1110. The first-order chi connectivity index (χ1) is 12.5. The van der Waals surface area contributed by atoms with E-state index in [-0.39, 0.29) is 32.3 Å². The Morgan fingerprint density at radius 3 is 2.22 bits per heavy atom. The molecule has 0 bridgehead atoms. The lowest BCUT2D eigenvalue weighted by atomic mass is 10.2. The third-order valence-corrected chi connectivity index (χ3v) is 5.08. The second-order valence-corrected chi connectivity index (χ2v) is 8.12. The molecule has 7 nitrogen and oxygen atoms in total. The van der Waals surface area contributed by atoms with Crippen molar-refractivity contribution >= 4 is 33.0 Å². The van der Waals surface area contributed by atoms with Crippen LogP contribution >= 0.6 is 23.2 Å².